The first-order valence-corrected chi connectivity index (χ1v) is 8.05. The molecule has 1 aliphatic carbocycles. The van der Waals surface area contributed by atoms with Gasteiger partial charge in [0.1, 0.15) is 5.78 Å². The van der Waals surface area contributed by atoms with E-state index in [0.717, 1.165) is 18.8 Å². The van der Waals surface area contributed by atoms with E-state index >= 15 is 0 Å². The average Bonchev–Trinajstić information content (AvgIpc) is 2.38. The molecule has 92 valence electrons. The Morgan fingerprint density at radius 3 is 2.44 bits per heavy atom. The predicted octanol–water partition coefficient (Wildman–Crippen LogP) is 4.20. The van der Waals surface area contributed by atoms with Gasteiger partial charge >= 0.3 is 0 Å². The first-order chi connectivity index (χ1) is 7.86. The maximum Gasteiger partial charge on any atom is 0.145 e. The molecule has 2 heteroatoms. The number of carbonyl (C=O) groups excluding carboxylic acids is 1. The fourth-order valence-electron chi connectivity index (χ4n) is 2.98. The van der Waals surface area contributed by atoms with E-state index in [-0.39, 0.29) is 0 Å². The van der Waals surface area contributed by atoms with E-state index in [4.69, 9.17) is 0 Å². The number of ketones is 1. The van der Waals surface area contributed by atoms with Crippen molar-refractivity contribution in [2.45, 2.75) is 69.5 Å². The van der Waals surface area contributed by atoms with Crippen molar-refractivity contribution >= 4 is 17.5 Å². The molecule has 1 saturated heterocycles. The van der Waals surface area contributed by atoms with Crippen LogP contribution in [-0.4, -0.2) is 16.8 Å². The third-order valence-electron chi connectivity index (χ3n) is 4.06. The first-order valence-electron chi connectivity index (χ1n) is 7.00. The summed E-state index contributed by atoms with van der Waals surface area (Å²) in [5.74, 6) is 2.63. The molecule has 0 N–H and O–H groups in total. The summed E-state index contributed by atoms with van der Waals surface area (Å²) in [6.07, 6.45) is 12.8. The molecular formula is C14H24OS. The smallest absolute Gasteiger partial charge is 0.145 e. The lowest BCUT2D eigenvalue weighted by Gasteiger charge is -2.23. The van der Waals surface area contributed by atoms with Gasteiger partial charge in [0.15, 0.2) is 0 Å². The molecule has 2 rings (SSSR count). The molecule has 1 nitrogen and oxygen atoms in total. The second kappa shape index (κ2) is 6.68. The average molecular weight is 240 g/mol. The maximum absolute atomic E-state index is 12.0. The van der Waals surface area contributed by atoms with Crippen LogP contribution >= 0.6 is 11.8 Å². The lowest BCUT2D eigenvalue weighted by molar-refractivity contribution is -0.119. The van der Waals surface area contributed by atoms with E-state index in [1.54, 1.807) is 0 Å². The summed E-state index contributed by atoms with van der Waals surface area (Å²) < 4.78 is 0. The molecule has 0 aromatic heterocycles. The lowest BCUT2D eigenvalue weighted by atomic mass is 9.85. The van der Waals surface area contributed by atoms with Crippen LogP contribution in [0, 0.1) is 5.92 Å². The van der Waals surface area contributed by atoms with E-state index in [9.17, 15) is 4.79 Å². The van der Waals surface area contributed by atoms with Gasteiger partial charge < -0.3 is 0 Å². The van der Waals surface area contributed by atoms with Crippen LogP contribution < -0.4 is 0 Å². The molecule has 0 spiro atoms. The Kier molecular flexibility index (Phi) is 5.21. The minimum absolute atomic E-state index is 0.359. The quantitative estimate of drug-likeness (QED) is 0.732. The Morgan fingerprint density at radius 2 is 1.75 bits per heavy atom. The van der Waals surface area contributed by atoms with Gasteiger partial charge in [-0.2, -0.15) is 11.8 Å². The number of hydrogen-bond donors (Lipinski definition) is 0. The fraction of sp³-hybridized carbons (Fsp3) is 0.929. The molecule has 1 unspecified atom stereocenters. The first kappa shape index (κ1) is 12.5. The molecule has 2 aliphatic rings. The van der Waals surface area contributed by atoms with Crippen molar-refractivity contribution in [3.8, 4) is 0 Å². The molecule has 0 radical (unpaired) electrons. The number of thioether (sulfide) groups is 1. The molecule has 1 aliphatic heterocycles. The van der Waals surface area contributed by atoms with Crippen LogP contribution in [0.3, 0.4) is 0 Å². The monoisotopic (exact) mass is 240 g/mol. The van der Waals surface area contributed by atoms with Gasteiger partial charge in [0.2, 0.25) is 0 Å². The molecule has 0 aromatic rings. The summed E-state index contributed by atoms with van der Waals surface area (Å²) in [6.45, 7) is 0. The van der Waals surface area contributed by atoms with Crippen LogP contribution in [0.15, 0.2) is 0 Å². The van der Waals surface area contributed by atoms with Crippen molar-refractivity contribution in [2.75, 3.05) is 5.75 Å². The molecule has 0 amide bonds. The van der Waals surface area contributed by atoms with Gasteiger partial charge in [-0.15, -0.1) is 0 Å². The SMILES string of the molecule is O=C(CCC1CCCCC1)C1CCCCS1. The molecule has 0 bridgehead atoms. The summed E-state index contributed by atoms with van der Waals surface area (Å²) in [5.41, 5.74) is 0. The van der Waals surface area contributed by atoms with Crippen LogP contribution in [0.1, 0.15) is 64.2 Å². The maximum atomic E-state index is 12.0. The van der Waals surface area contributed by atoms with Gasteiger partial charge in [-0.05, 0) is 30.9 Å². The van der Waals surface area contributed by atoms with Gasteiger partial charge in [0.05, 0.1) is 5.25 Å². The van der Waals surface area contributed by atoms with Crippen LogP contribution in [-0.2, 0) is 4.79 Å². The third kappa shape index (κ3) is 3.80. The van der Waals surface area contributed by atoms with Crippen molar-refractivity contribution in [1.82, 2.24) is 0 Å². The Morgan fingerprint density at radius 1 is 1.00 bits per heavy atom. The Hall–Kier alpha value is 0.0200. The number of rotatable bonds is 4. The highest BCUT2D eigenvalue weighted by Gasteiger charge is 2.22. The molecule has 1 saturated carbocycles. The van der Waals surface area contributed by atoms with Crippen LogP contribution in [0.25, 0.3) is 0 Å². The van der Waals surface area contributed by atoms with Gasteiger partial charge in [-0.3, -0.25) is 4.79 Å². The fourth-order valence-corrected chi connectivity index (χ4v) is 4.27. The molecule has 0 aromatic carbocycles. The normalized spacial score (nSPS) is 27.9. The van der Waals surface area contributed by atoms with Gasteiger partial charge in [-0.25, -0.2) is 0 Å². The molecule has 1 atom stereocenters. The van der Waals surface area contributed by atoms with Crippen molar-refractivity contribution in [2.24, 2.45) is 5.92 Å². The second-order valence-corrected chi connectivity index (χ2v) is 6.67. The zero-order chi connectivity index (χ0) is 11.2. The predicted molar refractivity (Wildman–Crippen MR) is 70.9 cm³/mol. The highest BCUT2D eigenvalue weighted by Crippen LogP contribution is 2.30. The zero-order valence-corrected chi connectivity index (χ0v) is 11.1. The zero-order valence-electron chi connectivity index (χ0n) is 10.2. The summed E-state index contributed by atoms with van der Waals surface area (Å²) >= 11 is 1.91. The molecular weight excluding hydrogens is 216 g/mol. The van der Waals surface area contributed by atoms with E-state index in [1.165, 1.54) is 57.1 Å². The second-order valence-electron chi connectivity index (χ2n) is 5.36. The summed E-state index contributed by atoms with van der Waals surface area (Å²) in [6, 6.07) is 0. The minimum atomic E-state index is 0.359. The molecule has 1 heterocycles. The number of carbonyl (C=O) groups is 1. The Balaban J connectivity index is 1.65. The van der Waals surface area contributed by atoms with Gasteiger partial charge in [0.25, 0.3) is 0 Å². The highest BCUT2D eigenvalue weighted by molar-refractivity contribution is 8.00. The van der Waals surface area contributed by atoms with Crippen LogP contribution in [0.4, 0.5) is 0 Å². The van der Waals surface area contributed by atoms with Crippen molar-refractivity contribution in [1.29, 1.82) is 0 Å². The topological polar surface area (TPSA) is 17.1 Å². The van der Waals surface area contributed by atoms with Gasteiger partial charge in [-0.1, -0.05) is 38.5 Å². The Bertz CT molecular complexity index is 215. The third-order valence-corrected chi connectivity index (χ3v) is 5.49. The van der Waals surface area contributed by atoms with Crippen molar-refractivity contribution in [3.63, 3.8) is 0 Å². The largest absolute Gasteiger partial charge is 0.298 e. The van der Waals surface area contributed by atoms with E-state index in [0.29, 0.717) is 11.0 Å². The van der Waals surface area contributed by atoms with Crippen LogP contribution in [0.5, 0.6) is 0 Å². The summed E-state index contributed by atoms with van der Waals surface area (Å²) in [5, 5.41) is 0.359. The summed E-state index contributed by atoms with van der Waals surface area (Å²) in [4.78, 5) is 12.0. The standard InChI is InChI=1S/C14H24OS/c15-13(14-8-4-5-11-16-14)10-9-12-6-2-1-3-7-12/h12,14H,1-11H2. The van der Waals surface area contributed by atoms with Crippen molar-refractivity contribution < 1.29 is 4.79 Å². The minimum Gasteiger partial charge on any atom is -0.298 e. The van der Waals surface area contributed by atoms with Crippen LogP contribution in [0.2, 0.25) is 0 Å². The number of hydrogen-bond acceptors (Lipinski definition) is 2. The van der Waals surface area contributed by atoms with E-state index < -0.39 is 0 Å². The van der Waals surface area contributed by atoms with Gasteiger partial charge in [0, 0.05) is 6.42 Å². The van der Waals surface area contributed by atoms with E-state index in [1.807, 2.05) is 11.8 Å². The lowest BCUT2D eigenvalue weighted by Crippen LogP contribution is -2.21. The Labute approximate surface area is 104 Å². The van der Waals surface area contributed by atoms with Crippen molar-refractivity contribution in [3.05, 3.63) is 0 Å². The highest BCUT2D eigenvalue weighted by atomic mass is 32.2. The molecule has 16 heavy (non-hydrogen) atoms. The molecule has 2 fully saturated rings. The number of Topliss-reactive ketones (excluding diaryl/α,β-unsaturated/α-hetero) is 1. The van der Waals surface area contributed by atoms with E-state index in [2.05, 4.69) is 0 Å². The summed E-state index contributed by atoms with van der Waals surface area (Å²) in [7, 11) is 0.